The van der Waals surface area contributed by atoms with Crippen LogP contribution in [0.5, 0.6) is 0 Å². The van der Waals surface area contributed by atoms with Crippen LogP contribution in [0.25, 0.3) is 0 Å². The number of thioether (sulfide) groups is 1. The quantitative estimate of drug-likeness (QED) is 0.799. The average Bonchev–Trinajstić information content (AvgIpc) is 2.54. The first-order chi connectivity index (χ1) is 7.59. The maximum absolute atomic E-state index is 5.91. The molecule has 0 aromatic heterocycles. The number of ether oxygens (including phenoxy) is 1. The summed E-state index contributed by atoms with van der Waals surface area (Å²) in [6.07, 6.45) is 2.30. The normalized spacial score (nSPS) is 21.8. The van der Waals surface area contributed by atoms with Gasteiger partial charge in [-0.2, -0.15) is 11.8 Å². The van der Waals surface area contributed by atoms with Crippen molar-refractivity contribution in [3.63, 3.8) is 0 Å². The van der Waals surface area contributed by atoms with Crippen LogP contribution in [0.15, 0.2) is 0 Å². The van der Waals surface area contributed by atoms with Gasteiger partial charge in [-0.25, -0.2) is 0 Å². The molecule has 0 spiro atoms. The van der Waals surface area contributed by atoms with Crippen molar-refractivity contribution < 1.29 is 4.74 Å². The molecule has 3 nitrogen and oxygen atoms in total. The number of rotatable bonds is 5. The van der Waals surface area contributed by atoms with Crippen LogP contribution >= 0.6 is 11.8 Å². The molecule has 1 fully saturated rings. The lowest BCUT2D eigenvalue weighted by Gasteiger charge is -2.35. The minimum Gasteiger partial charge on any atom is -0.379 e. The summed E-state index contributed by atoms with van der Waals surface area (Å²) in [5.41, 5.74) is 5.85. The Labute approximate surface area is 104 Å². The third-order valence-corrected chi connectivity index (χ3v) is 4.37. The van der Waals surface area contributed by atoms with Crippen molar-refractivity contribution in [1.29, 1.82) is 0 Å². The van der Waals surface area contributed by atoms with Crippen LogP contribution in [0.2, 0.25) is 0 Å². The van der Waals surface area contributed by atoms with Crippen LogP contribution < -0.4 is 5.73 Å². The molecule has 0 saturated carbocycles. The van der Waals surface area contributed by atoms with Gasteiger partial charge >= 0.3 is 0 Å². The topological polar surface area (TPSA) is 38.5 Å². The van der Waals surface area contributed by atoms with Gasteiger partial charge in [0, 0.05) is 32.0 Å². The standard InChI is InChI=1S/C12H26N2OS/c1-12(2,15-3)9-11(10-13)14-5-4-7-16-8-6-14/h11H,4-10,13H2,1-3H3. The van der Waals surface area contributed by atoms with Crippen LogP contribution in [-0.2, 0) is 4.74 Å². The van der Waals surface area contributed by atoms with Crippen molar-refractivity contribution in [2.45, 2.75) is 38.3 Å². The number of nitrogens with two attached hydrogens (primary N) is 1. The Morgan fingerprint density at radius 2 is 2.12 bits per heavy atom. The average molecular weight is 246 g/mol. The fourth-order valence-electron chi connectivity index (χ4n) is 2.14. The Bertz CT molecular complexity index is 191. The van der Waals surface area contributed by atoms with Crippen molar-refractivity contribution in [3.05, 3.63) is 0 Å². The van der Waals surface area contributed by atoms with Crippen molar-refractivity contribution in [2.75, 3.05) is 38.2 Å². The van der Waals surface area contributed by atoms with Gasteiger partial charge in [-0.15, -0.1) is 0 Å². The van der Waals surface area contributed by atoms with Gasteiger partial charge in [0.1, 0.15) is 0 Å². The predicted molar refractivity (Wildman–Crippen MR) is 72.1 cm³/mol. The number of nitrogens with zero attached hydrogens (tertiary/aromatic N) is 1. The lowest BCUT2D eigenvalue weighted by Crippen LogP contribution is -2.46. The van der Waals surface area contributed by atoms with Crippen molar-refractivity contribution in [2.24, 2.45) is 5.73 Å². The second kappa shape index (κ2) is 6.84. The van der Waals surface area contributed by atoms with Gasteiger partial charge in [0.05, 0.1) is 5.60 Å². The molecule has 0 amide bonds. The Morgan fingerprint density at radius 1 is 1.38 bits per heavy atom. The molecule has 4 heteroatoms. The minimum atomic E-state index is -0.0660. The van der Waals surface area contributed by atoms with E-state index in [-0.39, 0.29) is 5.60 Å². The van der Waals surface area contributed by atoms with Crippen molar-refractivity contribution in [1.82, 2.24) is 4.90 Å². The lowest BCUT2D eigenvalue weighted by atomic mass is 9.97. The van der Waals surface area contributed by atoms with Gasteiger partial charge < -0.3 is 10.5 Å². The van der Waals surface area contributed by atoms with E-state index in [2.05, 4.69) is 30.5 Å². The van der Waals surface area contributed by atoms with Crippen LogP contribution in [0.4, 0.5) is 0 Å². The maximum Gasteiger partial charge on any atom is 0.0638 e. The summed E-state index contributed by atoms with van der Waals surface area (Å²) in [7, 11) is 1.78. The first kappa shape index (κ1) is 14.3. The monoisotopic (exact) mass is 246 g/mol. The highest BCUT2D eigenvalue weighted by atomic mass is 32.2. The molecule has 0 aromatic carbocycles. The van der Waals surface area contributed by atoms with E-state index in [0.717, 1.165) is 13.0 Å². The summed E-state index contributed by atoms with van der Waals surface area (Å²) in [5.74, 6) is 2.53. The van der Waals surface area contributed by atoms with E-state index in [0.29, 0.717) is 6.04 Å². The SMILES string of the molecule is COC(C)(C)CC(CN)N1CCCSCC1. The van der Waals surface area contributed by atoms with Gasteiger partial charge in [-0.3, -0.25) is 4.90 Å². The highest BCUT2D eigenvalue weighted by Gasteiger charge is 2.26. The highest BCUT2D eigenvalue weighted by molar-refractivity contribution is 7.99. The third-order valence-electron chi connectivity index (χ3n) is 3.33. The van der Waals surface area contributed by atoms with E-state index in [1.165, 1.54) is 31.0 Å². The number of hydrogen-bond donors (Lipinski definition) is 1. The van der Waals surface area contributed by atoms with Crippen LogP contribution in [-0.4, -0.2) is 54.8 Å². The van der Waals surface area contributed by atoms with Gasteiger partial charge in [0.25, 0.3) is 0 Å². The summed E-state index contributed by atoms with van der Waals surface area (Å²) in [6.45, 7) is 7.38. The molecule has 1 rings (SSSR count). The molecule has 96 valence electrons. The molecular weight excluding hydrogens is 220 g/mol. The van der Waals surface area contributed by atoms with E-state index >= 15 is 0 Å². The van der Waals surface area contributed by atoms with E-state index in [1.807, 2.05) is 0 Å². The zero-order chi connectivity index (χ0) is 12.0. The zero-order valence-electron chi connectivity index (χ0n) is 10.9. The second-order valence-corrected chi connectivity index (χ2v) is 6.28. The molecule has 0 bridgehead atoms. The molecule has 2 N–H and O–H groups in total. The van der Waals surface area contributed by atoms with E-state index < -0.39 is 0 Å². The van der Waals surface area contributed by atoms with E-state index in [9.17, 15) is 0 Å². The molecule has 1 heterocycles. The molecule has 1 aliphatic heterocycles. The van der Waals surface area contributed by atoms with Crippen molar-refractivity contribution >= 4 is 11.8 Å². The Balaban J connectivity index is 2.51. The fourth-order valence-corrected chi connectivity index (χ4v) is 3.04. The van der Waals surface area contributed by atoms with Crippen LogP contribution in [0, 0.1) is 0 Å². The molecule has 16 heavy (non-hydrogen) atoms. The summed E-state index contributed by atoms with van der Waals surface area (Å²) in [5, 5.41) is 0. The van der Waals surface area contributed by atoms with Crippen LogP contribution in [0.3, 0.4) is 0 Å². The summed E-state index contributed by atoms with van der Waals surface area (Å²) in [6, 6.07) is 0.466. The van der Waals surface area contributed by atoms with Gasteiger partial charge in [0.2, 0.25) is 0 Å². The molecule has 0 aliphatic carbocycles. The highest BCUT2D eigenvalue weighted by Crippen LogP contribution is 2.21. The summed E-state index contributed by atoms with van der Waals surface area (Å²) < 4.78 is 5.50. The van der Waals surface area contributed by atoms with Gasteiger partial charge in [-0.1, -0.05) is 0 Å². The lowest BCUT2D eigenvalue weighted by molar-refractivity contribution is -0.00669. The first-order valence-electron chi connectivity index (χ1n) is 6.16. The molecular formula is C12H26N2OS. The second-order valence-electron chi connectivity index (χ2n) is 5.06. The number of hydrogen-bond acceptors (Lipinski definition) is 4. The first-order valence-corrected chi connectivity index (χ1v) is 7.31. The smallest absolute Gasteiger partial charge is 0.0638 e. The number of methoxy groups -OCH3 is 1. The largest absolute Gasteiger partial charge is 0.379 e. The summed E-state index contributed by atoms with van der Waals surface area (Å²) in [4.78, 5) is 2.54. The predicted octanol–water partition coefficient (Wildman–Crippen LogP) is 1.57. The summed E-state index contributed by atoms with van der Waals surface area (Å²) >= 11 is 2.06. The zero-order valence-corrected chi connectivity index (χ0v) is 11.7. The molecule has 0 radical (unpaired) electrons. The van der Waals surface area contributed by atoms with Gasteiger partial charge in [0.15, 0.2) is 0 Å². The minimum absolute atomic E-state index is 0.0660. The van der Waals surface area contributed by atoms with E-state index in [4.69, 9.17) is 10.5 Å². The Kier molecular flexibility index (Phi) is 6.11. The third kappa shape index (κ3) is 4.62. The van der Waals surface area contributed by atoms with Gasteiger partial charge in [-0.05, 0) is 39.0 Å². The Hall–Kier alpha value is 0.230. The molecule has 1 aliphatic rings. The fraction of sp³-hybridized carbons (Fsp3) is 1.00. The van der Waals surface area contributed by atoms with Crippen molar-refractivity contribution in [3.8, 4) is 0 Å². The molecule has 1 atom stereocenters. The van der Waals surface area contributed by atoms with Crippen LogP contribution in [0.1, 0.15) is 26.7 Å². The Morgan fingerprint density at radius 3 is 2.75 bits per heavy atom. The molecule has 1 unspecified atom stereocenters. The van der Waals surface area contributed by atoms with E-state index in [1.54, 1.807) is 7.11 Å². The molecule has 0 aromatic rings. The molecule has 1 saturated heterocycles. The maximum atomic E-state index is 5.91.